The maximum absolute atomic E-state index is 5.80. The van der Waals surface area contributed by atoms with Crippen LogP contribution in [0.2, 0.25) is 0 Å². The van der Waals surface area contributed by atoms with E-state index in [1.165, 1.54) is 18.4 Å². The highest BCUT2D eigenvalue weighted by molar-refractivity contribution is 5.35. The summed E-state index contributed by atoms with van der Waals surface area (Å²) in [4.78, 5) is 8.70. The second kappa shape index (κ2) is 6.01. The minimum atomic E-state index is 0.543. The van der Waals surface area contributed by atoms with Crippen LogP contribution in [0.15, 0.2) is 36.7 Å². The zero-order chi connectivity index (χ0) is 13.8. The molecule has 0 bridgehead atoms. The van der Waals surface area contributed by atoms with Gasteiger partial charge < -0.3 is 10.1 Å². The summed E-state index contributed by atoms with van der Waals surface area (Å²) in [5.74, 6) is 1.40. The molecule has 3 rings (SSSR count). The van der Waals surface area contributed by atoms with Gasteiger partial charge in [0.1, 0.15) is 5.75 Å². The van der Waals surface area contributed by atoms with Gasteiger partial charge in [-0.1, -0.05) is 25.1 Å². The molecule has 0 aliphatic heterocycles. The van der Waals surface area contributed by atoms with E-state index in [2.05, 4.69) is 28.3 Å². The zero-order valence-electron chi connectivity index (χ0n) is 11.7. The van der Waals surface area contributed by atoms with Gasteiger partial charge in [0.2, 0.25) is 5.88 Å². The molecule has 0 saturated heterocycles. The van der Waals surface area contributed by atoms with Crippen LogP contribution in [0.3, 0.4) is 0 Å². The lowest BCUT2D eigenvalue weighted by atomic mass is 10.1. The summed E-state index contributed by atoms with van der Waals surface area (Å²) in [7, 11) is 0. The van der Waals surface area contributed by atoms with Gasteiger partial charge in [0.15, 0.2) is 0 Å². The number of para-hydroxylation sites is 1. The van der Waals surface area contributed by atoms with Crippen LogP contribution < -0.4 is 10.1 Å². The molecular formula is C16H19N3O. The molecule has 1 saturated carbocycles. The molecular weight excluding hydrogens is 250 g/mol. The summed E-state index contributed by atoms with van der Waals surface area (Å²) in [6, 6.07) is 8.70. The molecule has 0 unspecified atom stereocenters. The van der Waals surface area contributed by atoms with Gasteiger partial charge >= 0.3 is 0 Å². The van der Waals surface area contributed by atoms with Gasteiger partial charge in [-0.05, 0) is 30.9 Å². The third-order valence-electron chi connectivity index (χ3n) is 3.40. The molecule has 0 atom stereocenters. The zero-order valence-corrected chi connectivity index (χ0v) is 11.7. The largest absolute Gasteiger partial charge is 0.437 e. The lowest BCUT2D eigenvalue weighted by Gasteiger charge is -2.09. The summed E-state index contributed by atoms with van der Waals surface area (Å²) >= 11 is 0. The van der Waals surface area contributed by atoms with Crippen LogP contribution in [0, 0.1) is 0 Å². The second-order valence-corrected chi connectivity index (χ2v) is 5.06. The summed E-state index contributed by atoms with van der Waals surface area (Å²) in [6.45, 7) is 2.89. The molecule has 1 aromatic carbocycles. The van der Waals surface area contributed by atoms with E-state index in [4.69, 9.17) is 4.74 Å². The van der Waals surface area contributed by atoms with Gasteiger partial charge in [0.05, 0.1) is 18.1 Å². The number of hydrogen-bond donors (Lipinski definition) is 1. The number of nitrogens with one attached hydrogen (secondary N) is 1. The van der Waals surface area contributed by atoms with E-state index in [0.29, 0.717) is 11.9 Å². The van der Waals surface area contributed by atoms with Gasteiger partial charge in [0.25, 0.3) is 0 Å². The Bertz CT molecular complexity index is 564. The Hall–Kier alpha value is -1.94. The molecule has 20 heavy (non-hydrogen) atoms. The van der Waals surface area contributed by atoms with Crippen molar-refractivity contribution in [3.8, 4) is 11.6 Å². The molecule has 1 fully saturated rings. The van der Waals surface area contributed by atoms with Gasteiger partial charge in [-0.25, -0.2) is 4.98 Å². The predicted octanol–water partition coefficient (Wildman–Crippen LogP) is 3.08. The van der Waals surface area contributed by atoms with Gasteiger partial charge in [0, 0.05) is 12.6 Å². The van der Waals surface area contributed by atoms with Crippen molar-refractivity contribution in [1.29, 1.82) is 0 Å². The Labute approximate surface area is 119 Å². The van der Waals surface area contributed by atoms with Crippen molar-refractivity contribution < 1.29 is 4.74 Å². The monoisotopic (exact) mass is 269 g/mol. The first-order valence-electron chi connectivity index (χ1n) is 7.15. The van der Waals surface area contributed by atoms with Crippen molar-refractivity contribution in [2.24, 2.45) is 0 Å². The number of nitrogens with zero attached hydrogens (tertiary/aromatic N) is 2. The molecule has 0 radical (unpaired) electrons. The van der Waals surface area contributed by atoms with Gasteiger partial charge in [-0.2, -0.15) is 0 Å². The van der Waals surface area contributed by atoms with Gasteiger partial charge in [-0.15, -0.1) is 0 Å². The highest BCUT2D eigenvalue weighted by Gasteiger charge is 2.20. The molecule has 1 heterocycles. The number of aromatic nitrogens is 2. The van der Waals surface area contributed by atoms with Crippen LogP contribution in [0.1, 0.15) is 31.0 Å². The van der Waals surface area contributed by atoms with Crippen LogP contribution in [0.5, 0.6) is 11.6 Å². The van der Waals surface area contributed by atoms with Crippen molar-refractivity contribution in [2.75, 3.05) is 0 Å². The smallest absolute Gasteiger partial charge is 0.237 e. The lowest BCUT2D eigenvalue weighted by Crippen LogP contribution is -2.16. The average molecular weight is 269 g/mol. The molecule has 0 spiro atoms. The Morgan fingerprint density at radius 1 is 1.20 bits per heavy atom. The third kappa shape index (κ3) is 3.33. The van der Waals surface area contributed by atoms with E-state index in [-0.39, 0.29) is 0 Å². The summed E-state index contributed by atoms with van der Waals surface area (Å²) in [5.41, 5.74) is 2.13. The number of benzene rings is 1. The third-order valence-corrected chi connectivity index (χ3v) is 3.40. The fraction of sp³-hybridized carbons (Fsp3) is 0.375. The first-order chi connectivity index (χ1) is 9.85. The fourth-order valence-corrected chi connectivity index (χ4v) is 2.03. The molecule has 2 aromatic rings. The number of aryl methyl sites for hydroxylation is 1. The summed E-state index contributed by atoms with van der Waals surface area (Å²) in [6.07, 6.45) is 6.97. The van der Waals surface area contributed by atoms with Crippen molar-refractivity contribution in [3.63, 3.8) is 0 Å². The van der Waals surface area contributed by atoms with Gasteiger partial charge in [-0.3, -0.25) is 4.98 Å². The minimum Gasteiger partial charge on any atom is -0.437 e. The number of rotatable bonds is 6. The van der Waals surface area contributed by atoms with Crippen molar-refractivity contribution in [3.05, 3.63) is 47.9 Å². The highest BCUT2D eigenvalue weighted by Crippen LogP contribution is 2.23. The fourth-order valence-electron chi connectivity index (χ4n) is 2.03. The lowest BCUT2D eigenvalue weighted by molar-refractivity contribution is 0.453. The second-order valence-electron chi connectivity index (χ2n) is 5.06. The highest BCUT2D eigenvalue weighted by atomic mass is 16.5. The molecule has 1 aromatic heterocycles. The molecule has 104 valence electrons. The van der Waals surface area contributed by atoms with E-state index < -0.39 is 0 Å². The van der Waals surface area contributed by atoms with E-state index in [9.17, 15) is 0 Å². The summed E-state index contributed by atoms with van der Waals surface area (Å²) < 4.78 is 5.80. The van der Waals surface area contributed by atoms with Crippen molar-refractivity contribution in [1.82, 2.24) is 15.3 Å². The van der Waals surface area contributed by atoms with Crippen LogP contribution in [-0.2, 0) is 13.0 Å². The van der Waals surface area contributed by atoms with Crippen LogP contribution in [-0.4, -0.2) is 16.0 Å². The predicted molar refractivity (Wildman–Crippen MR) is 77.8 cm³/mol. The maximum Gasteiger partial charge on any atom is 0.237 e. The summed E-state index contributed by atoms with van der Waals surface area (Å²) in [5, 5.41) is 3.42. The molecule has 0 amide bonds. The first-order valence-corrected chi connectivity index (χ1v) is 7.15. The molecule has 1 aliphatic carbocycles. The molecule has 4 heteroatoms. The first kappa shape index (κ1) is 13.1. The molecule has 1 aliphatic rings. The average Bonchev–Trinajstić information content (AvgIpc) is 3.31. The SMILES string of the molecule is CCc1ccccc1Oc1cnc(CNC2CC2)cn1. The van der Waals surface area contributed by atoms with Crippen LogP contribution >= 0.6 is 0 Å². The normalized spacial score (nSPS) is 14.2. The van der Waals surface area contributed by atoms with E-state index in [0.717, 1.165) is 24.4 Å². The van der Waals surface area contributed by atoms with Crippen LogP contribution in [0.25, 0.3) is 0 Å². The Kier molecular flexibility index (Phi) is 3.92. The number of hydrogen-bond acceptors (Lipinski definition) is 4. The minimum absolute atomic E-state index is 0.543. The van der Waals surface area contributed by atoms with E-state index >= 15 is 0 Å². The maximum atomic E-state index is 5.80. The van der Waals surface area contributed by atoms with Crippen molar-refractivity contribution >= 4 is 0 Å². The molecule has 4 nitrogen and oxygen atoms in total. The van der Waals surface area contributed by atoms with Crippen molar-refractivity contribution in [2.45, 2.75) is 38.8 Å². The van der Waals surface area contributed by atoms with E-state index in [1.54, 1.807) is 12.4 Å². The standard InChI is InChI=1S/C16H19N3O/c1-2-12-5-3-4-6-15(12)20-16-11-18-14(10-19-16)9-17-13-7-8-13/h3-6,10-11,13,17H,2,7-9H2,1H3. The quantitative estimate of drug-likeness (QED) is 0.875. The van der Waals surface area contributed by atoms with E-state index in [1.807, 2.05) is 18.2 Å². The number of ether oxygens (including phenoxy) is 1. The Morgan fingerprint density at radius 3 is 2.75 bits per heavy atom. The van der Waals surface area contributed by atoms with Crippen LogP contribution in [0.4, 0.5) is 0 Å². The topological polar surface area (TPSA) is 47.0 Å². The Balaban J connectivity index is 1.64. The Morgan fingerprint density at radius 2 is 2.05 bits per heavy atom. The molecule has 1 N–H and O–H groups in total.